The number of piperidine rings is 1. The zero-order valence-corrected chi connectivity index (χ0v) is 11.3. The summed E-state index contributed by atoms with van der Waals surface area (Å²) in [7, 11) is 0. The molecule has 0 radical (unpaired) electrons. The van der Waals surface area contributed by atoms with Crippen LogP contribution >= 0.6 is 0 Å². The van der Waals surface area contributed by atoms with Gasteiger partial charge in [-0.3, -0.25) is 4.79 Å². The maximum Gasteiger partial charge on any atom is 0.253 e. The van der Waals surface area contributed by atoms with E-state index < -0.39 is 0 Å². The third-order valence-corrected chi connectivity index (χ3v) is 3.64. The van der Waals surface area contributed by atoms with E-state index in [-0.39, 0.29) is 11.9 Å². The normalized spacial score (nSPS) is 19.1. The largest absolute Gasteiger partial charge is 0.337 e. The molecule has 1 amide bonds. The third kappa shape index (κ3) is 2.58. The molecule has 0 bridgehead atoms. The lowest BCUT2D eigenvalue weighted by Gasteiger charge is -2.30. The molecule has 1 aromatic heterocycles. The first-order valence-corrected chi connectivity index (χ1v) is 6.87. The Labute approximate surface area is 118 Å². The molecule has 5 heteroatoms. The summed E-state index contributed by atoms with van der Waals surface area (Å²) in [6.07, 6.45) is 7.28. The number of nitrogens with zero attached hydrogens (tertiary/aromatic N) is 3. The molecule has 2 heterocycles. The Morgan fingerprint density at radius 1 is 1.40 bits per heavy atom. The van der Waals surface area contributed by atoms with E-state index >= 15 is 0 Å². The van der Waals surface area contributed by atoms with E-state index in [2.05, 4.69) is 4.98 Å². The van der Waals surface area contributed by atoms with Gasteiger partial charge in [0, 0.05) is 42.8 Å². The van der Waals surface area contributed by atoms with E-state index in [1.54, 1.807) is 12.5 Å². The van der Waals surface area contributed by atoms with Gasteiger partial charge in [-0.1, -0.05) is 6.07 Å². The van der Waals surface area contributed by atoms with Crippen LogP contribution in [-0.4, -0.2) is 39.5 Å². The number of aromatic nitrogens is 2. The highest BCUT2D eigenvalue weighted by molar-refractivity contribution is 5.94. The standard InChI is InChI=1S/C15H18N4O/c16-13-4-2-7-18(10-13)15(20)12-3-1-5-14(9-12)19-8-6-17-11-19/h1,3,5-6,8-9,11,13H,2,4,7,10,16H2/t13-/m0/s1. The van der Waals surface area contributed by atoms with Gasteiger partial charge in [0.2, 0.25) is 0 Å². The van der Waals surface area contributed by atoms with Crippen LogP contribution < -0.4 is 5.73 Å². The summed E-state index contributed by atoms with van der Waals surface area (Å²) in [5.41, 5.74) is 7.58. The van der Waals surface area contributed by atoms with Crippen molar-refractivity contribution < 1.29 is 4.79 Å². The Hall–Kier alpha value is -2.14. The van der Waals surface area contributed by atoms with E-state index in [1.807, 2.05) is 39.9 Å². The predicted octanol–water partition coefficient (Wildman–Crippen LogP) is 1.44. The summed E-state index contributed by atoms with van der Waals surface area (Å²) in [4.78, 5) is 18.4. The van der Waals surface area contributed by atoms with Crippen molar-refractivity contribution in [2.75, 3.05) is 13.1 Å². The van der Waals surface area contributed by atoms with Crippen LogP contribution in [0.5, 0.6) is 0 Å². The molecule has 2 aromatic rings. The molecule has 1 saturated heterocycles. The van der Waals surface area contributed by atoms with Gasteiger partial charge in [0.15, 0.2) is 0 Å². The highest BCUT2D eigenvalue weighted by Crippen LogP contribution is 2.15. The molecule has 3 rings (SSSR count). The van der Waals surface area contributed by atoms with E-state index in [0.717, 1.165) is 25.1 Å². The maximum atomic E-state index is 12.5. The Morgan fingerprint density at radius 2 is 2.30 bits per heavy atom. The van der Waals surface area contributed by atoms with Gasteiger partial charge in [0.05, 0.1) is 6.33 Å². The van der Waals surface area contributed by atoms with Crippen molar-refractivity contribution in [3.05, 3.63) is 48.5 Å². The van der Waals surface area contributed by atoms with Crippen molar-refractivity contribution >= 4 is 5.91 Å². The quantitative estimate of drug-likeness (QED) is 0.898. The molecule has 0 saturated carbocycles. The van der Waals surface area contributed by atoms with Crippen LogP contribution in [0.25, 0.3) is 5.69 Å². The number of imidazole rings is 1. The fourth-order valence-corrected chi connectivity index (χ4v) is 2.59. The fraction of sp³-hybridized carbons (Fsp3) is 0.333. The Balaban J connectivity index is 1.83. The SMILES string of the molecule is N[C@H]1CCCN(C(=O)c2cccc(-n3ccnc3)c2)C1. The minimum absolute atomic E-state index is 0.0575. The van der Waals surface area contributed by atoms with Crippen LogP contribution in [0.2, 0.25) is 0 Å². The second-order valence-corrected chi connectivity index (χ2v) is 5.17. The van der Waals surface area contributed by atoms with E-state index in [0.29, 0.717) is 12.1 Å². The zero-order valence-electron chi connectivity index (χ0n) is 11.3. The number of likely N-dealkylation sites (tertiary alicyclic amines) is 1. The highest BCUT2D eigenvalue weighted by atomic mass is 16.2. The van der Waals surface area contributed by atoms with E-state index in [1.165, 1.54) is 0 Å². The summed E-state index contributed by atoms with van der Waals surface area (Å²) < 4.78 is 1.89. The van der Waals surface area contributed by atoms with Gasteiger partial charge in [0.25, 0.3) is 5.91 Å². The van der Waals surface area contributed by atoms with E-state index in [9.17, 15) is 4.79 Å². The monoisotopic (exact) mass is 270 g/mol. The zero-order chi connectivity index (χ0) is 13.9. The Bertz CT molecular complexity index is 594. The molecular formula is C15H18N4O. The molecular weight excluding hydrogens is 252 g/mol. The molecule has 1 aliphatic heterocycles. The van der Waals surface area contributed by atoms with Gasteiger partial charge in [-0.25, -0.2) is 4.98 Å². The molecule has 0 unspecified atom stereocenters. The number of nitrogens with two attached hydrogens (primary N) is 1. The third-order valence-electron chi connectivity index (χ3n) is 3.64. The first kappa shape index (κ1) is 12.9. The number of hydrogen-bond acceptors (Lipinski definition) is 3. The van der Waals surface area contributed by atoms with Crippen LogP contribution in [0.3, 0.4) is 0 Å². The summed E-state index contributed by atoms with van der Waals surface area (Å²) in [6, 6.07) is 7.70. The maximum absolute atomic E-state index is 12.5. The van der Waals surface area contributed by atoms with Gasteiger partial charge in [-0.15, -0.1) is 0 Å². The second kappa shape index (κ2) is 5.46. The molecule has 1 aromatic carbocycles. The highest BCUT2D eigenvalue weighted by Gasteiger charge is 2.22. The van der Waals surface area contributed by atoms with Crippen molar-refractivity contribution in [1.29, 1.82) is 0 Å². The van der Waals surface area contributed by atoms with Crippen LogP contribution in [0.1, 0.15) is 23.2 Å². The van der Waals surface area contributed by atoms with Crippen LogP contribution in [-0.2, 0) is 0 Å². The summed E-state index contributed by atoms with van der Waals surface area (Å²) in [5.74, 6) is 0.0575. The number of benzene rings is 1. The summed E-state index contributed by atoms with van der Waals surface area (Å²) in [5, 5.41) is 0. The molecule has 5 nitrogen and oxygen atoms in total. The fourth-order valence-electron chi connectivity index (χ4n) is 2.59. The average Bonchev–Trinajstić information content (AvgIpc) is 3.01. The first-order chi connectivity index (χ1) is 9.74. The first-order valence-electron chi connectivity index (χ1n) is 6.87. The van der Waals surface area contributed by atoms with E-state index in [4.69, 9.17) is 5.73 Å². The molecule has 0 aliphatic carbocycles. The van der Waals surface area contributed by atoms with Crippen molar-refractivity contribution in [2.24, 2.45) is 5.73 Å². The summed E-state index contributed by atoms with van der Waals surface area (Å²) >= 11 is 0. The van der Waals surface area contributed by atoms with Gasteiger partial charge in [-0.2, -0.15) is 0 Å². The van der Waals surface area contributed by atoms with Crippen molar-refractivity contribution in [3.63, 3.8) is 0 Å². The number of carbonyl (C=O) groups excluding carboxylic acids is 1. The van der Waals surface area contributed by atoms with Gasteiger partial charge >= 0.3 is 0 Å². The van der Waals surface area contributed by atoms with Gasteiger partial charge < -0.3 is 15.2 Å². The minimum Gasteiger partial charge on any atom is -0.337 e. The van der Waals surface area contributed by atoms with Crippen molar-refractivity contribution in [1.82, 2.24) is 14.5 Å². The predicted molar refractivity (Wildman–Crippen MR) is 76.7 cm³/mol. The van der Waals surface area contributed by atoms with Crippen LogP contribution in [0.15, 0.2) is 43.0 Å². The van der Waals surface area contributed by atoms with Crippen molar-refractivity contribution in [3.8, 4) is 5.69 Å². The van der Waals surface area contributed by atoms with Crippen molar-refractivity contribution in [2.45, 2.75) is 18.9 Å². The van der Waals surface area contributed by atoms with Gasteiger partial charge in [-0.05, 0) is 31.0 Å². The Kier molecular flexibility index (Phi) is 3.52. The number of carbonyl (C=O) groups is 1. The topological polar surface area (TPSA) is 64.2 Å². The lowest BCUT2D eigenvalue weighted by atomic mass is 10.1. The van der Waals surface area contributed by atoms with Crippen LogP contribution in [0.4, 0.5) is 0 Å². The molecule has 104 valence electrons. The summed E-state index contributed by atoms with van der Waals surface area (Å²) in [6.45, 7) is 1.44. The van der Waals surface area contributed by atoms with Gasteiger partial charge in [0.1, 0.15) is 0 Å². The molecule has 1 aliphatic rings. The Morgan fingerprint density at radius 3 is 3.05 bits per heavy atom. The number of hydrogen-bond donors (Lipinski definition) is 1. The smallest absolute Gasteiger partial charge is 0.253 e. The number of rotatable bonds is 2. The molecule has 2 N–H and O–H groups in total. The lowest BCUT2D eigenvalue weighted by molar-refractivity contribution is 0.0709. The molecule has 0 spiro atoms. The molecule has 1 fully saturated rings. The molecule has 1 atom stereocenters. The minimum atomic E-state index is 0.0575. The lowest BCUT2D eigenvalue weighted by Crippen LogP contribution is -2.45. The number of amides is 1. The molecule has 20 heavy (non-hydrogen) atoms. The van der Waals surface area contributed by atoms with Crippen LogP contribution in [0, 0.1) is 0 Å². The average molecular weight is 270 g/mol. The second-order valence-electron chi connectivity index (χ2n) is 5.17.